The number of nitrogens with zero attached hydrogens (tertiary/aromatic N) is 2. The van der Waals surface area contributed by atoms with E-state index in [9.17, 15) is 14.9 Å². The van der Waals surface area contributed by atoms with E-state index in [4.69, 9.17) is 4.74 Å². The van der Waals surface area contributed by atoms with Crippen LogP contribution in [-0.4, -0.2) is 28.0 Å². The van der Waals surface area contributed by atoms with Gasteiger partial charge in [0.15, 0.2) is 0 Å². The lowest BCUT2D eigenvalue weighted by Crippen LogP contribution is -2.47. The van der Waals surface area contributed by atoms with Crippen LogP contribution in [0, 0.1) is 10.1 Å². The molecule has 30 heavy (non-hydrogen) atoms. The van der Waals surface area contributed by atoms with E-state index in [1.54, 1.807) is 18.2 Å². The first-order valence-electron chi connectivity index (χ1n) is 11.7. The predicted molar refractivity (Wildman–Crippen MR) is 122 cm³/mol. The number of hydrogen-bond acceptors (Lipinski definition) is 4. The van der Waals surface area contributed by atoms with Crippen LogP contribution in [0.1, 0.15) is 97.5 Å². The van der Waals surface area contributed by atoms with Crippen LogP contribution in [0.2, 0.25) is 0 Å². The molecule has 1 rings (SSSR count). The highest BCUT2D eigenvalue weighted by molar-refractivity contribution is 5.68. The molecule has 1 aromatic carbocycles. The van der Waals surface area contributed by atoms with Crippen LogP contribution in [-0.2, 0) is 11.3 Å². The summed E-state index contributed by atoms with van der Waals surface area (Å²) in [7, 11) is 0. The van der Waals surface area contributed by atoms with Gasteiger partial charge in [0.25, 0.3) is 5.69 Å². The maximum atomic E-state index is 13.2. The van der Waals surface area contributed by atoms with Crippen molar-refractivity contribution in [1.29, 1.82) is 0 Å². The van der Waals surface area contributed by atoms with E-state index in [1.807, 2.05) is 4.90 Å². The van der Waals surface area contributed by atoms with E-state index in [2.05, 4.69) is 27.7 Å². The first kappa shape index (κ1) is 25.9. The number of amides is 1. The molecule has 0 N–H and O–H groups in total. The predicted octanol–water partition coefficient (Wildman–Crippen LogP) is 7.25. The third-order valence-corrected chi connectivity index (χ3v) is 5.76. The molecule has 0 saturated heterocycles. The summed E-state index contributed by atoms with van der Waals surface area (Å²) in [6.07, 6.45) is 10.1. The van der Waals surface area contributed by atoms with E-state index in [1.165, 1.54) is 6.07 Å². The molecule has 2 unspecified atom stereocenters. The van der Waals surface area contributed by atoms with Crippen LogP contribution in [0.4, 0.5) is 10.5 Å². The fraction of sp³-hybridized carbons (Fsp3) is 0.708. The third-order valence-electron chi connectivity index (χ3n) is 5.76. The SMILES string of the molecule is CCCCCC(CC)N(C(=O)OCc1ccccc1[N+](=O)[O-])C(CC)CCCCC. The van der Waals surface area contributed by atoms with Gasteiger partial charge < -0.3 is 9.64 Å². The molecular weight excluding hydrogens is 380 g/mol. The lowest BCUT2D eigenvalue weighted by atomic mass is 9.99. The van der Waals surface area contributed by atoms with Crippen molar-refractivity contribution in [2.45, 2.75) is 111 Å². The van der Waals surface area contributed by atoms with E-state index in [0.717, 1.165) is 64.2 Å². The van der Waals surface area contributed by atoms with Gasteiger partial charge in [0.1, 0.15) is 6.61 Å². The van der Waals surface area contributed by atoms with Crippen LogP contribution < -0.4 is 0 Å². The summed E-state index contributed by atoms with van der Waals surface area (Å²) < 4.78 is 5.64. The Morgan fingerprint density at radius 1 is 0.967 bits per heavy atom. The smallest absolute Gasteiger partial charge is 0.410 e. The quantitative estimate of drug-likeness (QED) is 0.170. The zero-order valence-electron chi connectivity index (χ0n) is 19.3. The average Bonchev–Trinajstić information content (AvgIpc) is 2.75. The van der Waals surface area contributed by atoms with Crippen LogP contribution in [0.15, 0.2) is 24.3 Å². The van der Waals surface area contributed by atoms with E-state index < -0.39 is 4.92 Å². The summed E-state index contributed by atoms with van der Waals surface area (Å²) in [6, 6.07) is 6.72. The molecular formula is C24H40N2O4. The van der Waals surface area contributed by atoms with E-state index in [-0.39, 0.29) is 30.5 Å². The molecule has 1 aromatic rings. The molecule has 1 amide bonds. The summed E-state index contributed by atoms with van der Waals surface area (Å²) in [5.74, 6) is 0. The summed E-state index contributed by atoms with van der Waals surface area (Å²) in [4.78, 5) is 26.0. The fourth-order valence-electron chi connectivity index (χ4n) is 3.96. The first-order chi connectivity index (χ1) is 14.5. The molecule has 0 heterocycles. The summed E-state index contributed by atoms with van der Waals surface area (Å²) in [5.41, 5.74) is 0.413. The standard InChI is InChI=1S/C24H40N2O4/c1-5-9-11-16-21(7-3)25(22(8-4)17-12-10-6-2)24(27)30-19-20-15-13-14-18-23(20)26(28)29/h13-15,18,21-22H,5-12,16-17,19H2,1-4H3. The first-order valence-corrected chi connectivity index (χ1v) is 11.7. The minimum absolute atomic E-state index is 0.0122. The number of ether oxygens (including phenoxy) is 1. The Bertz CT molecular complexity index is 617. The maximum Gasteiger partial charge on any atom is 0.410 e. The highest BCUT2D eigenvalue weighted by Gasteiger charge is 2.30. The van der Waals surface area contributed by atoms with Gasteiger partial charge in [-0.25, -0.2) is 4.79 Å². The van der Waals surface area contributed by atoms with Crippen molar-refractivity contribution in [3.8, 4) is 0 Å². The van der Waals surface area contributed by atoms with Gasteiger partial charge in [0, 0.05) is 18.2 Å². The van der Waals surface area contributed by atoms with Gasteiger partial charge in [0.05, 0.1) is 10.5 Å². The lowest BCUT2D eigenvalue weighted by Gasteiger charge is -2.37. The zero-order chi connectivity index (χ0) is 22.4. The number of nitro benzene ring substituents is 1. The van der Waals surface area contributed by atoms with Gasteiger partial charge in [-0.2, -0.15) is 0 Å². The van der Waals surface area contributed by atoms with Crippen molar-refractivity contribution in [2.24, 2.45) is 0 Å². The Labute approximate surface area is 182 Å². The van der Waals surface area contributed by atoms with Crippen molar-refractivity contribution in [2.75, 3.05) is 0 Å². The summed E-state index contributed by atoms with van der Waals surface area (Å²) in [5, 5.41) is 11.3. The van der Waals surface area contributed by atoms with Gasteiger partial charge in [-0.15, -0.1) is 0 Å². The molecule has 0 saturated carbocycles. The number of unbranched alkanes of at least 4 members (excludes halogenated alkanes) is 4. The number of benzene rings is 1. The van der Waals surface area contributed by atoms with Crippen molar-refractivity contribution < 1.29 is 14.5 Å². The van der Waals surface area contributed by atoms with Crippen molar-refractivity contribution in [3.63, 3.8) is 0 Å². The second-order valence-electron chi connectivity index (χ2n) is 7.96. The van der Waals surface area contributed by atoms with Gasteiger partial charge in [0.2, 0.25) is 0 Å². The second kappa shape index (κ2) is 14.8. The Hall–Kier alpha value is -2.11. The van der Waals surface area contributed by atoms with Crippen LogP contribution >= 0.6 is 0 Å². The monoisotopic (exact) mass is 420 g/mol. The van der Waals surface area contributed by atoms with E-state index in [0.29, 0.717) is 5.56 Å². The molecule has 0 aliphatic heterocycles. The topological polar surface area (TPSA) is 72.7 Å². The van der Waals surface area contributed by atoms with Gasteiger partial charge in [-0.3, -0.25) is 10.1 Å². The van der Waals surface area contributed by atoms with Crippen LogP contribution in [0.5, 0.6) is 0 Å². The van der Waals surface area contributed by atoms with Gasteiger partial charge in [-0.05, 0) is 31.7 Å². The number of carbonyl (C=O) groups is 1. The normalized spacial score (nSPS) is 12.9. The van der Waals surface area contributed by atoms with Gasteiger partial charge in [-0.1, -0.05) is 78.4 Å². The van der Waals surface area contributed by atoms with Crippen LogP contribution in [0.3, 0.4) is 0 Å². The minimum Gasteiger partial charge on any atom is -0.444 e. The largest absolute Gasteiger partial charge is 0.444 e. The second-order valence-corrected chi connectivity index (χ2v) is 7.96. The average molecular weight is 421 g/mol. The molecule has 6 nitrogen and oxygen atoms in total. The Kier molecular flexibility index (Phi) is 12.8. The Morgan fingerprint density at radius 3 is 1.97 bits per heavy atom. The Balaban J connectivity index is 2.97. The molecule has 0 aromatic heterocycles. The molecule has 6 heteroatoms. The molecule has 2 atom stereocenters. The molecule has 0 aliphatic rings. The molecule has 0 radical (unpaired) electrons. The fourth-order valence-corrected chi connectivity index (χ4v) is 3.96. The zero-order valence-corrected chi connectivity index (χ0v) is 19.3. The summed E-state index contributed by atoms with van der Waals surface area (Å²) >= 11 is 0. The number of para-hydroxylation sites is 1. The molecule has 0 bridgehead atoms. The lowest BCUT2D eigenvalue weighted by molar-refractivity contribution is -0.385. The van der Waals surface area contributed by atoms with Crippen molar-refractivity contribution >= 4 is 11.8 Å². The molecule has 0 aliphatic carbocycles. The van der Waals surface area contributed by atoms with Crippen molar-refractivity contribution in [1.82, 2.24) is 4.90 Å². The highest BCUT2D eigenvalue weighted by Crippen LogP contribution is 2.24. The van der Waals surface area contributed by atoms with E-state index >= 15 is 0 Å². The van der Waals surface area contributed by atoms with Gasteiger partial charge >= 0.3 is 6.09 Å². The third kappa shape index (κ3) is 8.33. The highest BCUT2D eigenvalue weighted by atomic mass is 16.6. The number of nitro groups is 1. The number of rotatable bonds is 15. The minimum atomic E-state index is -0.430. The number of hydrogen-bond donors (Lipinski definition) is 0. The molecule has 0 fully saturated rings. The summed E-state index contributed by atoms with van der Waals surface area (Å²) in [6.45, 7) is 8.53. The van der Waals surface area contributed by atoms with Crippen LogP contribution in [0.25, 0.3) is 0 Å². The maximum absolute atomic E-state index is 13.2. The molecule has 0 spiro atoms. The van der Waals surface area contributed by atoms with Crippen molar-refractivity contribution in [3.05, 3.63) is 39.9 Å². The molecule has 170 valence electrons. The Morgan fingerprint density at radius 2 is 1.50 bits per heavy atom. The number of carbonyl (C=O) groups excluding carboxylic acids is 1.